The van der Waals surface area contributed by atoms with Crippen molar-refractivity contribution >= 4 is 33.1 Å². The number of nitrogens with one attached hydrogen (secondary N) is 1. The lowest BCUT2D eigenvalue weighted by atomic mass is 9.95. The van der Waals surface area contributed by atoms with Crippen molar-refractivity contribution in [3.05, 3.63) is 23.2 Å². The summed E-state index contributed by atoms with van der Waals surface area (Å²) in [5, 5.41) is 4.08. The Bertz CT molecular complexity index is 681. The Morgan fingerprint density at radius 2 is 2.30 bits per heavy atom. The average molecular weight is 287 g/mol. The molecular weight excluding hydrogens is 270 g/mol. The van der Waals surface area contributed by atoms with Crippen LogP contribution in [0.2, 0.25) is 0 Å². The van der Waals surface area contributed by atoms with Gasteiger partial charge in [0.2, 0.25) is 0 Å². The summed E-state index contributed by atoms with van der Waals surface area (Å²) in [4.78, 5) is 18.2. The predicted octanol–water partition coefficient (Wildman–Crippen LogP) is 2.80. The van der Waals surface area contributed by atoms with E-state index in [0.717, 1.165) is 22.6 Å². The number of hydrogen-bond donors (Lipinski definition) is 2. The first-order valence-corrected chi connectivity index (χ1v) is 7.98. The van der Waals surface area contributed by atoms with E-state index in [1.165, 1.54) is 30.6 Å². The van der Waals surface area contributed by atoms with Gasteiger partial charge in [0.15, 0.2) is 0 Å². The van der Waals surface area contributed by atoms with Gasteiger partial charge >= 0.3 is 0 Å². The Morgan fingerprint density at radius 1 is 1.40 bits per heavy atom. The van der Waals surface area contributed by atoms with Crippen molar-refractivity contribution in [3.63, 3.8) is 0 Å². The molecule has 3 N–H and O–H groups in total. The third-order valence-corrected chi connectivity index (χ3v) is 5.89. The minimum Gasteiger partial charge on any atom is -0.397 e. The summed E-state index contributed by atoms with van der Waals surface area (Å²) >= 11 is 1.39. The Balaban J connectivity index is 1.59. The number of nitrogen functional groups attached to an aromatic ring is 1. The van der Waals surface area contributed by atoms with E-state index in [-0.39, 0.29) is 5.91 Å². The zero-order valence-corrected chi connectivity index (χ0v) is 12.0. The number of anilines is 1. The molecule has 0 aliphatic heterocycles. The van der Waals surface area contributed by atoms with Crippen LogP contribution in [-0.4, -0.2) is 16.9 Å². The van der Waals surface area contributed by atoms with Gasteiger partial charge in [-0.25, -0.2) is 4.98 Å². The number of thiophene rings is 1. The van der Waals surface area contributed by atoms with E-state index in [1.54, 1.807) is 6.20 Å². The number of fused-ring (bicyclic) bond motifs is 3. The molecule has 2 aliphatic rings. The van der Waals surface area contributed by atoms with Gasteiger partial charge in [-0.05, 0) is 43.2 Å². The maximum absolute atomic E-state index is 12.5. The van der Waals surface area contributed by atoms with Crippen LogP contribution in [-0.2, 0) is 0 Å². The van der Waals surface area contributed by atoms with Gasteiger partial charge in [-0.1, -0.05) is 6.42 Å². The normalized spacial score (nSPS) is 28.1. The van der Waals surface area contributed by atoms with Crippen LogP contribution in [0.3, 0.4) is 0 Å². The van der Waals surface area contributed by atoms with Crippen molar-refractivity contribution < 1.29 is 4.79 Å². The first kappa shape index (κ1) is 12.1. The van der Waals surface area contributed by atoms with Crippen molar-refractivity contribution in [2.24, 2.45) is 11.8 Å². The van der Waals surface area contributed by atoms with Gasteiger partial charge < -0.3 is 11.1 Å². The first-order valence-electron chi connectivity index (χ1n) is 7.16. The van der Waals surface area contributed by atoms with Gasteiger partial charge in [-0.2, -0.15) is 0 Å². The molecule has 4 rings (SSSR count). The highest BCUT2D eigenvalue weighted by Gasteiger charge is 2.40. The van der Waals surface area contributed by atoms with E-state index in [4.69, 9.17) is 5.73 Å². The van der Waals surface area contributed by atoms with Crippen LogP contribution in [0.1, 0.15) is 35.4 Å². The summed E-state index contributed by atoms with van der Waals surface area (Å²) in [6.07, 6.45) is 6.76. The molecule has 5 heteroatoms. The van der Waals surface area contributed by atoms with E-state index >= 15 is 0 Å². The molecule has 4 nitrogen and oxygen atoms in total. The van der Waals surface area contributed by atoms with Crippen LogP contribution in [0.5, 0.6) is 0 Å². The van der Waals surface area contributed by atoms with Crippen LogP contribution in [0.4, 0.5) is 5.69 Å². The fourth-order valence-electron chi connectivity index (χ4n) is 3.78. The average Bonchev–Trinajstić information content (AvgIpc) is 3.14. The van der Waals surface area contributed by atoms with E-state index < -0.39 is 0 Å². The largest absolute Gasteiger partial charge is 0.397 e. The second-order valence-corrected chi connectivity index (χ2v) is 6.95. The summed E-state index contributed by atoms with van der Waals surface area (Å²) < 4.78 is 0. The maximum atomic E-state index is 12.5. The second kappa shape index (κ2) is 4.45. The Kier molecular flexibility index (Phi) is 2.70. The Morgan fingerprint density at radius 3 is 3.00 bits per heavy atom. The molecular formula is C15H17N3OS. The number of pyridine rings is 1. The summed E-state index contributed by atoms with van der Waals surface area (Å²) in [7, 11) is 0. The maximum Gasteiger partial charge on any atom is 0.263 e. The number of rotatable bonds is 2. The van der Waals surface area contributed by atoms with Gasteiger partial charge in [0, 0.05) is 17.6 Å². The molecule has 2 saturated carbocycles. The molecule has 2 heterocycles. The van der Waals surface area contributed by atoms with Crippen molar-refractivity contribution in [2.45, 2.75) is 31.7 Å². The van der Waals surface area contributed by atoms with Gasteiger partial charge in [-0.15, -0.1) is 11.3 Å². The fraction of sp³-hybridized carbons (Fsp3) is 0.467. The molecule has 2 bridgehead atoms. The topological polar surface area (TPSA) is 68.0 Å². The molecule has 2 aliphatic carbocycles. The van der Waals surface area contributed by atoms with Crippen molar-refractivity contribution in [1.29, 1.82) is 0 Å². The number of nitrogens with zero attached hydrogens (tertiary/aromatic N) is 1. The molecule has 0 unspecified atom stereocenters. The lowest BCUT2D eigenvalue weighted by Crippen LogP contribution is -2.38. The van der Waals surface area contributed by atoms with E-state index in [9.17, 15) is 4.79 Å². The number of carbonyl (C=O) groups excluding carboxylic acids is 1. The smallest absolute Gasteiger partial charge is 0.263 e. The summed E-state index contributed by atoms with van der Waals surface area (Å²) in [6, 6.07) is 4.12. The van der Waals surface area contributed by atoms with Crippen molar-refractivity contribution in [1.82, 2.24) is 10.3 Å². The van der Waals surface area contributed by atoms with Crippen LogP contribution in [0, 0.1) is 11.8 Å². The lowest BCUT2D eigenvalue weighted by Gasteiger charge is -2.22. The standard InChI is InChI=1S/C15H17N3OS/c16-12-10-2-1-5-17-15(10)20-13(12)14(19)18-11-7-8-3-4-9(11)6-8/h1-2,5,8-9,11H,3-4,6-7,16H2,(H,18,19)/t8-,9-,11+/m0/s1. The van der Waals surface area contributed by atoms with Gasteiger partial charge in [0.1, 0.15) is 9.71 Å². The van der Waals surface area contributed by atoms with E-state index in [1.807, 2.05) is 12.1 Å². The summed E-state index contributed by atoms with van der Waals surface area (Å²) in [6.45, 7) is 0. The van der Waals surface area contributed by atoms with Crippen LogP contribution >= 0.6 is 11.3 Å². The van der Waals surface area contributed by atoms with Crippen LogP contribution in [0.25, 0.3) is 10.2 Å². The molecule has 0 saturated heterocycles. The minimum absolute atomic E-state index is 0.0250. The number of hydrogen-bond acceptors (Lipinski definition) is 4. The monoisotopic (exact) mass is 287 g/mol. The minimum atomic E-state index is -0.0250. The molecule has 2 aromatic heterocycles. The van der Waals surface area contributed by atoms with Crippen LogP contribution < -0.4 is 11.1 Å². The highest BCUT2D eigenvalue weighted by molar-refractivity contribution is 7.21. The number of carbonyl (C=O) groups is 1. The van der Waals surface area contributed by atoms with Crippen molar-refractivity contribution in [3.8, 4) is 0 Å². The van der Waals surface area contributed by atoms with E-state index in [2.05, 4.69) is 10.3 Å². The zero-order valence-electron chi connectivity index (χ0n) is 11.1. The third kappa shape index (κ3) is 1.80. The fourth-order valence-corrected chi connectivity index (χ4v) is 4.74. The number of aromatic nitrogens is 1. The number of amides is 1. The molecule has 2 fully saturated rings. The summed E-state index contributed by atoms with van der Waals surface area (Å²) in [5.74, 6) is 1.48. The highest BCUT2D eigenvalue weighted by atomic mass is 32.1. The van der Waals surface area contributed by atoms with Crippen molar-refractivity contribution in [2.75, 3.05) is 5.73 Å². The lowest BCUT2D eigenvalue weighted by molar-refractivity contribution is 0.0928. The molecule has 2 aromatic rings. The van der Waals surface area contributed by atoms with Gasteiger partial charge in [0.05, 0.1) is 5.69 Å². The molecule has 3 atom stereocenters. The molecule has 104 valence electrons. The molecule has 20 heavy (non-hydrogen) atoms. The third-order valence-electron chi connectivity index (χ3n) is 4.77. The highest BCUT2D eigenvalue weighted by Crippen LogP contribution is 2.44. The Labute approximate surface area is 121 Å². The molecule has 0 radical (unpaired) electrons. The SMILES string of the molecule is Nc1c(C(=O)N[C@@H]2C[C@H]3CC[C@H]2C3)sc2ncccc12. The molecule has 1 amide bonds. The predicted molar refractivity (Wildman–Crippen MR) is 80.7 cm³/mol. The second-order valence-electron chi connectivity index (χ2n) is 5.96. The summed E-state index contributed by atoms with van der Waals surface area (Å²) in [5.41, 5.74) is 6.67. The van der Waals surface area contributed by atoms with Gasteiger partial charge in [0.25, 0.3) is 5.91 Å². The quantitative estimate of drug-likeness (QED) is 0.892. The van der Waals surface area contributed by atoms with Crippen LogP contribution in [0.15, 0.2) is 18.3 Å². The van der Waals surface area contributed by atoms with Gasteiger partial charge in [-0.3, -0.25) is 4.79 Å². The zero-order chi connectivity index (χ0) is 13.7. The molecule has 0 spiro atoms. The Hall–Kier alpha value is -1.62. The molecule has 0 aromatic carbocycles. The first-order chi connectivity index (χ1) is 9.72. The number of nitrogens with two attached hydrogens (primary N) is 1. The van der Waals surface area contributed by atoms with E-state index in [0.29, 0.717) is 22.5 Å².